The number of hydrogen-bond donors (Lipinski definition) is 1. The molecule has 0 spiro atoms. The molecule has 1 radical (unpaired) electrons. The van der Waals surface area contributed by atoms with Gasteiger partial charge in [-0.25, -0.2) is 0 Å². The molecule has 0 aliphatic rings. The summed E-state index contributed by atoms with van der Waals surface area (Å²) in [6, 6.07) is 14.0. The number of hydrogen-bond acceptors (Lipinski definition) is 1. The van der Waals surface area contributed by atoms with Crippen LogP contribution >= 0.6 is 8.19 Å². The number of rotatable bonds is 0. The summed E-state index contributed by atoms with van der Waals surface area (Å²) in [6.45, 7) is 0. The molecule has 15 heavy (non-hydrogen) atoms. The predicted molar refractivity (Wildman–Crippen MR) is 62.6 cm³/mol. The van der Waals surface area contributed by atoms with E-state index in [1.54, 1.807) is 6.07 Å². The monoisotopic (exact) mass is 293 g/mol. The Morgan fingerprint density at radius 1 is 0.867 bits per heavy atom. The summed E-state index contributed by atoms with van der Waals surface area (Å²) in [5.41, 5.74) is 0. The summed E-state index contributed by atoms with van der Waals surface area (Å²) >= 11 is 0. The van der Waals surface area contributed by atoms with Gasteiger partial charge in [0.05, 0.1) is 0 Å². The van der Waals surface area contributed by atoms with Gasteiger partial charge in [-0.1, -0.05) is 24.3 Å². The zero-order valence-corrected chi connectivity index (χ0v) is 11.1. The molecule has 1 unspecified atom stereocenters. The van der Waals surface area contributed by atoms with Crippen molar-refractivity contribution in [2.24, 2.45) is 0 Å². The van der Waals surface area contributed by atoms with E-state index in [4.69, 9.17) is 0 Å². The van der Waals surface area contributed by atoms with Crippen molar-refractivity contribution in [3.05, 3.63) is 42.5 Å². The zero-order valence-electron chi connectivity index (χ0n) is 7.94. The number of benzene rings is 2. The van der Waals surface area contributed by atoms with Gasteiger partial charge in [-0.2, -0.15) is 0 Å². The Hall–Kier alpha value is -0.720. The van der Waals surface area contributed by atoms with Crippen LogP contribution in [0.5, 0.6) is 5.75 Å². The van der Waals surface area contributed by atoms with Crippen LogP contribution < -0.4 is 0 Å². The smallest absolute Gasteiger partial charge is 0.116 e. The van der Waals surface area contributed by atoms with E-state index in [0.717, 1.165) is 8.19 Å². The molecule has 0 aliphatic carbocycles. The van der Waals surface area contributed by atoms with Gasteiger partial charge in [0, 0.05) is 22.4 Å². The van der Waals surface area contributed by atoms with E-state index in [-0.39, 0.29) is 22.4 Å². The molecule has 1 atom stereocenters. The molecule has 0 fully saturated rings. The Balaban J connectivity index is 0.000000853. The third-order valence-corrected chi connectivity index (χ3v) is 3.90. The van der Waals surface area contributed by atoms with Gasteiger partial charge in [0.25, 0.3) is 0 Å². The maximum Gasteiger partial charge on any atom is 0.116 e. The zero-order chi connectivity index (χ0) is 9.54. The first-order valence-corrected chi connectivity index (χ1v) is 5.54. The first-order valence-electron chi connectivity index (χ1n) is 4.54. The van der Waals surface area contributed by atoms with Crippen molar-refractivity contribution in [3.8, 4) is 5.75 Å². The molecule has 1 nitrogen and oxygen atoms in total. The molecule has 2 aromatic carbocycles. The summed E-state index contributed by atoms with van der Waals surface area (Å²) in [7, 11) is 0.736. The molecule has 3 rings (SSSR count). The van der Waals surface area contributed by atoms with E-state index in [0.29, 0.717) is 5.75 Å². The average molecular weight is 293 g/mol. The third kappa shape index (κ3) is 1.73. The van der Waals surface area contributed by atoms with E-state index in [1.165, 1.54) is 21.0 Å². The number of phenolic OH excluding ortho intramolecular Hbond substituents is 1. The van der Waals surface area contributed by atoms with Crippen LogP contribution in [0.25, 0.3) is 21.0 Å². The van der Waals surface area contributed by atoms with Crippen molar-refractivity contribution in [2.45, 2.75) is 0 Å². The van der Waals surface area contributed by atoms with Gasteiger partial charge < -0.3 is 5.11 Å². The standard InChI is InChI=1S/C12H9OP.Nb/c13-8-5-6-12-10(7-8)9-3-1-2-4-11(9)14-12;/h1-7,13-14H;. The van der Waals surface area contributed by atoms with Gasteiger partial charge in [-0.05, 0) is 39.2 Å². The van der Waals surface area contributed by atoms with Crippen LogP contribution in [0.3, 0.4) is 0 Å². The van der Waals surface area contributed by atoms with Crippen molar-refractivity contribution in [1.82, 2.24) is 0 Å². The molecule has 1 heterocycles. The molecule has 1 aromatic heterocycles. The van der Waals surface area contributed by atoms with Crippen LogP contribution in [0.1, 0.15) is 0 Å². The van der Waals surface area contributed by atoms with Gasteiger partial charge in [0.2, 0.25) is 0 Å². The fourth-order valence-corrected chi connectivity index (χ4v) is 3.17. The SMILES string of the molecule is Oc1ccc2[pH]c3ccccc3c2c1.[Nb]. The van der Waals surface area contributed by atoms with Crippen LogP contribution in [-0.4, -0.2) is 5.11 Å². The Morgan fingerprint density at radius 2 is 1.60 bits per heavy atom. The Morgan fingerprint density at radius 3 is 2.47 bits per heavy atom. The number of phenols is 1. The second kappa shape index (κ2) is 4.03. The molecule has 0 amide bonds. The molecule has 3 aromatic rings. The molecule has 1 N–H and O–H groups in total. The Labute approximate surface area is 105 Å². The van der Waals surface area contributed by atoms with Crippen molar-refractivity contribution < 1.29 is 27.5 Å². The first-order chi connectivity index (χ1) is 6.84. The van der Waals surface area contributed by atoms with Crippen LogP contribution in [0, 0.1) is 0 Å². The van der Waals surface area contributed by atoms with E-state index in [1.807, 2.05) is 18.2 Å². The molecule has 0 aliphatic heterocycles. The Kier molecular flexibility index (Phi) is 2.90. The van der Waals surface area contributed by atoms with E-state index in [2.05, 4.69) is 18.2 Å². The number of fused-ring (bicyclic) bond motifs is 3. The van der Waals surface area contributed by atoms with Crippen molar-refractivity contribution in [1.29, 1.82) is 0 Å². The van der Waals surface area contributed by atoms with Gasteiger partial charge in [-0.15, -0.1) is 8.19 Å². The van der Waals surface area contributed by atoms with Crippen molar-refractivity contribution in [3.63, 3.8) is 0 Å². The predicted octanol–water partition coefficient (Wildman–Crippen LogP) is 3.73. The maximum absolute atomic E-state index is 9.43. The topological polar surface area (TPSA) is 20.2 Å². The summed E-state index contributed by atoms with van der Waals surface area (Å²) in [5.74, 6) is 0.352. The normalized spacial score (nSPS) is 10.9. The minimum Gasteiger partial charge on any atom is -0.508 e. The minimum absolute atomic E-state index is 0. The van der Waals surface area contributed by atoms with E-state index < -0.39 is 0 Å². The molecule has 0 saturated heterocycles. The van der Waals surface area contributed by atoms with Crippen molar-refractivity contribution >= 4 is 29.2 Å². The number of aromatic hydroxyl groups is 1. The summed E-state index contributed by atoms with van der Waals surface area (Å²) in [4.78, 5) is 0. The second-order valence-electron chi connectivity index (χ2n) is 3.40. The first kappa shape index (κ1) is 10.8. The van der Waals surface area contributed by atoms with Gasteiger partial charge in [-0.3, -0.25) is 0 Å². The third-order valence-electron chi connectivity index (χ3n) is 2.49. The molecular formula is C12H9NbOP. The Bertz CT molecular complexity index is 615. The largest absolute Gasteiger partial charge is 0.508 e. The van der Waals surface area contributed by atoms with Gasteiger partial charge in [0.15, 0.2) is 0 Å². The quantitative estimate of drug-likeness (QED) is 0.626. The fraction of sp³-hybridized carbons (Fsp3) is 0. The maximum atomic E-state index is 9.43. The summed E-state index contributed by atoms with van der Waals surface area (Å²) in [5, 5.41) is 14.6. The van der Waals surface area contributed by atoms with Crippen LogP contribution in [0.15, 0.2) is 42.5 Å². The van der Waals surface area contributed by atoms with Crippen molar-refractivity contribution in [2.75, 3.05) is 0 Å². The van der Waals surface area contributed by atoms with Gasteiger partial charge in [0.1, 0.15) is 5.75 Å². The van der Waals surface area contributed by atoms with E-state index >= 15 is 0 Å². The summed E-state index contributed by atoms with van der Waals surface area (Å²) < 4.78 is 0. The fourth-order valence-electron chi connectivity index (χ4n) is 1.84. The summed E-state index contributed by atoms with van der Waals surface area (Å²) in [6.07, 6.45) is 0. The van der Waals surface area contributed by atoms with Crippen LogP contribution in [0.4, 0.5) is 0 Å². The van der Waals surface area contributed by atoms with E-state index in [9.17, 15) is 5.11 Å². The minimum atomic E-state index is 0. The second-order valence-corrected chi connectivity index (χ2v) is 4.73. The molecule has 0 bridgehead atoms. The van der Waals surface area contributed by atoms with Crippen LogP contribution in [-0.2, 0) is 22.4 Å². The molecular weight excluding hydrogens is 284 g/mol. The van der Waals surface area contributed by atoms with Crippen LogP contribution in [0.2, 0.25) is 0 Å². The molecule has 0 saturated carbocycles. The average Bonchev–Trinajstić information content (AvgIpc) is 2.56. The molecule has 73 valence electrons. The molecule has 3 heteroatoms. The van der Waals surface area contributed by atoms with Gasteiger partial charge >= 0.3 is 0 Å².